The SMILES string of the molecule is COc1ccc(CN[C@H](CO)Cc2c[nH]c3ccccc23)cc1. The van der Waals surface area contributed by atoms with Crippen molar-refractivity contribution < 1.29 is 9.84 Å². The van der Waals surface area contributed by atoms with Gasteiger partial charge in [0.25, 0.3) is 0 Å². The van der Waals surface area contributed by atoms with Gasteiger partial charge in [0.1, 0.15) is 5.75 Å². The van der Waals surface area contributed by atoms with Crippen molar-refractivity contribution >= 4 is 10.9 Å². The van der Waals surface area contributed by atoms with E-state index < -0.39 is 0 Å². The first-order valence-electron chi connectivity index (χ1n) is 7.82. The number of benzene rings is 2. The number of aliphatic hydroxyl groups is 1. The van der Waals surface area contributed by atoms with Crippen LogP contribution in [-0.2, 0) is 13.0 Å². The number of H-pyrrole nitrogens is 1. The largest absolute Gasteiger partial charge is 0.497 e. The van der Waals surface area contributed by atoms with Crippen LogP contribution in [0.2, 0.25) is 0 Å². The number of methoxy groups -OCH3 is 1. The maximum atomic E-state index is 9.66. The molecule has 0 saturated carbocycles. The quantitative estimate of drug-likeness (QED) is 0.629. The highest BCUT2D eigenvalue weighted by Crippen LogP contribution is 2.19. The zero-order valence-electron chi connectivity index (χ0n) is 13.3. The summed E-state index contributed by atoms with van der Waals surface area (Å²) in [6.45, 7) is 0.827. The normalized spacial score (nSPS) is 12.4. The molecule has 1 heterocycles. The Morgan fingerprint density at radius 3 is 2.65 bits per heavy atom. The van der Waals surface area contributed by atoms with E-state index in [1.807, 2.05) is 42.6 Å². The van der Waals surface area contributed by atoms with Gasteiger partial charge in [0.2, 0.25) is 0 Å². The molecule has 0 amide bonds. The summed E-state index contributed by atoms with van der Waals surface area (Å²) in [5.74, 6) is 0.853. The van der Waals surface area contributed by atoms with Crippen molar-refractivity contribution in [2.24, 2.45) is 0 Å². The first kappa shape index (κ1) is 15.6. The van der Waals surface area contributed by atoms with Gasteiger partial charge in [-0.25, -0.2) is 0 Å². The summed E-state index contributed by atoms with van der Waals surface area (Å²) in [6, 6.07) is 16.2. The molecule has 0 unspecified atom stereocenters. The third-order valence-electron chi connectivity index (χ3n) is 4.12. The fourth-order valence-electron chi connectivity index (χ4n) is 2.77. The van der Waals surface area contributed by atoms with Crippen LogP contribution in [0.5, 0.6) is 5.75 Å². The number of nitrogens with one attached hydrogen (secondary N) is 2. The molecule has 23 heavy (non-hydrogen) atoms. The van der Waals surface area contributed by atoms with Crippen LogP contribution in [0, 0.1) is 0 Å². The summed E-state index contributed by atoms with van der Waals surface area (Å²) in [6.07, 6.45) is 2.82. The van der Waals surface area contributed by atoms with Crippen molar-refractivity contribution in [3.8, 4) is 5.75 Å². The lowest BCUT2D eigenvalue weighted by atomic mass is 10.1. The van der Waals surface area contributed by atoms with E-state index in [1.165, 1.54) is 16.5 Å². The van der Waals surface area contributed by atoms with Crippen molar-refractivity contribution in [3.63, 3.8) is 0 Å². The highest BCUT2D eigenvalue weighted by molar-refractivity contribution is 5.83. The van der Waals surface area contributed by atoms with Crippen molar-refractivity contribution in [2.45, 2.75) is 19.0 Å². The number of aliphatic hydroxyl groups excluding tert-OH is 1. The molecule has 3 aromatic rings. The number of hydrogen-bond acceptors (Lipinski definition) is 3. The van der Waals surface area contributed by atoms with Gasteiger partial charge < -0.3 is 20.1 Å². The van der Waals surface area contributed by atoms with Gasteiger partial charge in [0.05, 0.1) is 13.7 Å². The Hall–Kier alpha value is -2.30. The molecule has 1 atom stereocenters. The molecule has 4 heteroatoms. The molecule has 3 rings (SSSR count). The lowest BCUT2D eigenvalue weighted by Crippen LogP contribution is -2.33. The lowest BCUT2D eigenvalue weighted by molar-refractivity contribution is 0.241. The van der Waals surface area contributed by atoms with Gasteiger partial charge in [-0.3, -0.25) is 0 Å². The molecular formula is C19H22N2O2. The Kier molecular flexibility index (Phi) is 4.95. The molecular weight excluding hydrogens is 288 g/mol. The van der Waals surface area contributed by atoms with Crippen molar-refractivity contribution in [1.29, 1.82) is 0 Å². The molecule has 1 aromatic heterocycles. The maximum Gasteiger partial charge on any atom is 0.118 e. The predicted octanol–water partition coefficient (Wildman–Crippen LogP) is 2.87. The minimum atomic E-state index is 0.0244. The highest BCUT2D eigenvalue weighted by atomic mass is 16.5. The van der Waals surface area contributed by atoms with Crippen molar-refractivity contribution in [2.75, 3.05) is 13.7 Å². The van der Waals surface area contributed by atoms with Gasteiger partial charge in [-0.15, -0.1) is 0 Å². The average molecular weight is 310 g/mol. The van der Waals surface area contributed by atoms with Crippen LogP contribution in [0.4, 0.5) is 0 Å². The Labute approximate surface area is 136 Å². The monoisotopic (exact) mass is 310 g/mol. The molecule has 0 aliphatic heterocycles. The average Bonchev–Trinajstić information content (AvgIpc) is 3.02. The summed E-state index contributed by atoms with van der Waals surface area (Å²) in [7, 11) is 1.66. The van der Waals surface area contributed by atoms with Crippen molar-refractivity contribution in [1.82, 2.24) is 10.3 Å². The van der Waals surface area contributed by atoms with Crippen LogP contribution in [0.1, 0.15) is 11.1 Å². The number of para-hydroxylation sites is 1. The van der Waals surface area contributed by atoms with Crippen LogP contribution in [-0.4, -0.2) is 29.8 Å². The minimum absolute atomic E-state index is 0.0244. The predicted molar refractivity (Wildman–Crippen MR) is 92.7 cm³/mol. The molecule has 0 spiro atoms. The number of aromatic amines is 1. The van der Waals surface area contributed by atoms with E-state index in [-0.39, 0.29) is 12.6 Å². The fourth-order valence-corrected chi connectivity index (χ4v) is 2.77. The van der Waals surface area contributed by atoms with E-state index in [4.69, 9.17) is 4.74 Å². The first-order valence-corrected chi connectivity index (χ1v) is 7.82. The van der Waals surface area contributed by atoms with Gasteiger partial charge in [0.15, 0.2) is 0 Å². The number of aromatic nitrogens is 1. The molecule has 0 aliphatic rings. The fraction of sp³-hybridized carbons (Fsp3) is 0.263. The van der Waals surface area contributed by atoms with Crippen LogP contribution in [0.3, 0.4) is 0 Å². The Bertz CT molecular complexity index is 749. The van der Waals surface area contributed by atoms with Gasteiger partial charge in [-0.1, -0.05) is 30.3 Å². The van der Waals surface area contributed by atoms with Gasteiger partial charge in [0, 0.05) is 29.7 Å². The highest BCUT2D eigenvalue weighted by Gasteiger charge is 2.11. The number of rotatable bonds is 7. The van der Waals surface area contributed by atoms with Gasteiger partial charge in [-0.05, 0) is 35.7 Å². The standard InChI is InChI=1S/C19H22N2O2/c1-23-17-8-6-14(7-9-17)11-20-16(13-22)10-15-12-21-19-5-3-2-4-18(15)19/h2-9,12,16,20-22H,10-11,13H2,1H3/t16-/m0/s1. The second kappa shape index (κ2) is 7.31. The second-order valence-electron chi connectivity index (χ2n) is 5.67. The van der Waals surface area contributed by atoms with Gasteiger partial charge in [-0.2, -0.15) is 0 Å². The molecule has 2 aromatic carbocycles. The zero-order valence-corrected chi connectivity index (χ0v) is 13.3. The zero-order chi connectivity index (χ0) is 16.1. The molecule has 4 nitrogen and oxygen atoms in total. The molecule has 0 saturated heterocycles. The lowest BCUT2D eigenvalue weighted by Gasteiger charge is -2.16. The molecule has 120 valence electrons. The maximum absolute atomic E-state index is 9.66. The van der Waals surface area contributed by atoms with E-state index >= 15 is 0 Å². The van der Waals surface area contributed by atoms with Crippen LogP contribution < -0.4 is 10.1 Å². The molecule has 0 aliphatic carbocycles. The Morgan fingerprint density at radius 1 is 1.13 bits per heavy atom. The summed E-state index contributed by atoms with van der Waals surface area (Å²) < 4.78 is 5.16. The van der Waals surface area contributed by atoms with Crippen LogP contribution >= 0.6 is 0 Å². The van der Waals surface area contributed by atoms with Gasteiger partial charge >= 0.3 is 0 Å². The van der Waals surface area contributed by atoms with E-state index in [9.17, 15) is 5.11 Å². The first-order chi connectivity index (χ1) is 11.3. The smallest absolute Gasteiger partial charge is 0.118 e. The molecule has 0 radical (unpaired) electrons. The number of fused-ring (bicyclic) bond motifs is 1. The number of ether oxygens (including phenoxy) is 1. The van der Waals surface area contributed by atoms with E-state index in [1.54, 1.807) is 7.11 Å². The summed E-state index contributed by atoms with van der Waals surface area (Å²) >= 11 is 0. The molecule has 0 fully saturated rings. The summed E-state index contributed by atoms with van der Waals surface area (Å²) in [5, 5.41) is 14.3. The topological polar surface area (TPSA) is 57.3 Å². The van der Waals surface area contributed by atoms with E-state index in [2.05, 4.69) is 22.4 Å². The van der Waals surface area contributed by atoms with Crippen LogP contribution in [0.15, 0.2) is 54.7 Å². The van der Waals surface area contributed by atoms with Crippen molar-refractivity contribution in [3.05, 3.63) is 65.9 Å². The third-order valence-corrected chi connectivity index (χ3v) is 4.12. The number of hydrogen-bond donors (Lipinski definition) is 3. The Morgan fingerprint density at radius 2 is 1.91 bits per heavy atom. The second-order valence-corrected chi connectivity index (χ2v) is 5.67. The molecule has 0 bridgehead atoms. The van der Waals surface area contributed by atoms with E-state index in [0.717, 1.165) is 24.2 Å². The summed E-state index contributed by atoms with van der Waals surface area (Å²) in [4.78, 5) is 3.28. The third kappa shape index (κ3) is 3.73. The molecule has 3 N–H and O–H groups in total. The van der Waals surface area contributed by atoms with Crippen LogP contribution in [0.25, 0.3) is 10.9 Å². The summed E-state index contributed by atoms with van der Waals surface area (Å²) in [5.41, 5.74) is 3.53. The van der Waals surface area contributed by atoms with E-state index in [0.29, 0.717) is 0 Å². The minimum Gasteiger partial charge on any atom is -0.497 e. The Balaban J connectivity index is 1.63.